The van der Waals surface area contributed by atoms with Crippen LogP contribution in [0.5, 0.6) is 5.75 Å². The van der Waals surface area contributed by atoms with E-state index < -0.39 is 0 Å². The molecular weight excluding hydrogens is 268 g/mol. The van der Waals surface area contributed by atoms with Crippen molar-refractivity contribution in [3.05, 3.63) is 29.8 Å². The van der Waals surface area contributed by atoms with E-state index in [2.05, 4.69) is 11.8 Å². The monoisotopic (exact) mass is 290 g/mol. The van der Waals surface area contributed by atoms with E-state index in [9.17, 15) is 0 Å². The molecule has 0 saturated heterocycles. The zero-order chi connectivity index (χ0) is 14.0. The third kappa shape index (κ3) is 5.48. The van der Waals surface area contributed by atoms with Gasteiger partial charge in [0.05, 0.1) is 6.61 Å². The molecule has 0 heterocycles. The smallest absolute Gasteiger partial charge is 0.120 e. The predicted octanol–water partition coefficient (Wildman–Crippen LogP) is 3.33. The summed E-state index contributed by atoms with van der Waals surface area (Å²) in [5.41, 5.74) is 0.884. The highest BCUT2D eigenvalue weighted by Crippen LogP contribution is 2.27. The first-order valence-corrected chi connectivity index (χ1v) is 8.44. The van der Waals surface area contributed by atoms with Gasteiger partial charge in [-0.15, -0.1) is 0 Å². The lowest BCUT2D eigenvalue weighted by molar-refractivity contribution is 0.343. The van der Waals surface area contributed by atoms with Crippen LogP contribution < -0.4 is 4.74 Å². The highest BCUT2D eigenvalue weighted by Gasteiger charge is 2.14. The van der Waals surface area contributed by atoms with Crippen molar-refractivity contribution in [1.29, 1.82) is 0 Å². The Morgan fingerprint density at radius 1 is 1.30 bits per heavy atom. The molecule has 1 saturated carbocycles. The highest BCUT2D eigenvalue weighted by atomic mass is 32.2. The fourth-order valence-corrected chi connectivity index (χ4v) is 3.49. The van der Waals surface area contributed by atoms with Crippen LogP contribution >= 0.6 is 11.8 Å². The minimum Gasteiger partial charge on any atom is -0.493 e. The molecule has 1 aromatic rings. The second kappa shape index (κ2) is 8.94. The summed E-state index contributed by atoms with van der Waals surface area (Å²) in [5, 5.41) is 8.68. The van der Waals surface area contributed by atoms with Gasteiger partial charge in [0, 0.05) is 11.3 Å². The van der Waals surface area contributed by atoms with Crippen LogP contribution in [0.2, 0.25) is 0 Å². The fraction of sp³-hybridized carbons (Fsp3) is 0.529. The van der Waals surface area contributed by atoms with Gasteiger partial charge in [-0.05, 0) is 42.7 Å². The standard InChI is InChI=1S/C17H22O2S/c18-10-4-8-15-7-3-9-17(13-15)19-11-12-20-14-16-5-1-2-6-16/h3,7,9,13,16,18H,1-2,5-6,10-12,14H2. The molecule has 1 aromatic carbocycles. The molecule has 1 N–H and O–H groups in total. The van der Waals surface area contributed by atoms with Crippen LogP contribution in [0.1, 0.15) is 31.2 Å². The summed E-state index contributed by atoms with van der Waals surface area (Å²) in [5.74, 6) is 9.66. The maximum absolute atomic E-state index is 8.68. The summed E-state index contributed by atoms with van der Waals surface area (Å²) in [6.07, 6.45) is 5.67. The molecule has 2 nitrogen and oxygen atoms in total. The van der Waals surface area contributed by atoms with Gasteiger partial charge in [-0.3, -0.25) is 0 Å². The van der Waals surface area contributed by atoms with Gasteiger partial charge >= 0.3 is 0 Å². The zero-order valence-electron chi connectivity index (χ0n) is 11.8. The number of hydrogen-bond acceptors (Lipinski definition) is 3. The SMILES string of the molecule is OCC#Cc1cccc(OCCSCC2CCCC2)c1. The third-order valence-electron chi connectivity index (χ3n) is 3.47. The van der Waals surface area contributed by atoms with Crippen molar-refractivity contribution in [2.24, 2.45) is 5.92 Å². The topological polar surface area (TPSA) is 29.5 Å². The largest absolute Gasteiger partial charge is 0.493 e. The Labute approximate surface area is 125 Å². The van der Waals surface area contributed by atoms with Crippen LogP contribution in [0.15, 0.2) is 24.3 Å². The van der Waals surface area contributed by atoms with Gasteiger partial charge in [0.2, 0.25) is 0 Å². The van der Waals surface area contributed by atoms with Crippen LogP contribution in [-0.4, -0.2) is 29.8 Å². The number of ether oxygens (including phenoxy) is 1. The Bertz CT molecular complexity index is 456. The van der Waals surface area contributed by atoms with E-state index in [-0.39, 0.29) is 6.61 Å². The second-order valence-corrected chi connectivity index (χ2v) is 6.21. The molecule has 0 spiro atoms. The van der Waals surface area contributed by atoms with E-state index >= 15 is 0 Å². The molecule has 108 valence electrons. The summed E-state index contributed by atoms with van der Waals surface area (Å²) in [4.78, 5) is 0. The average Bonchev–Trinajstić information content (AvgIpc) is 2.98. The maximum Gasteiger partial charge on any atom is 0.120 e. The molecule has 3 heteroatoms. The van der Waals surface area contributed by atoms with Gasteiger partial charge < -0.3 is 9.84 Å². The van der Waals surface area contributed by atoms with Crippen molar-refractivity contribution >= 4 is 11.8 Å². The first-order valence-electron chi connectivity index (χ1n) is 7.29. The molecule has 0 atom stereocenters. The number of aliphatic hydroxyl groups excluding tert-OH is 1. The van der Waals surface area contributed by atoms with Gasteiger partial charge in [-0.25, -0.2) is 0 Å². The Morgan fingerprint density at radius 2 is 2.15 bits per heavy atom. The Kier molecular flexibility index (Phi) is 6.83. The summed E-state index contributed by atoms with van der Waals surface area (Å²) >= 11 is 2.00. The number of thioether (sulfide) groups is 1. The van der Waals surface area contributed by atoms with Crippen molar-refractivity contribution in [3.8, 4) is 17.6 Å². The molecule has 1 aliphatic carbocycles. The van der Waals surface area contributed by atoms with Crippen LogP contribution in [0.3, 0.4) is 0 Å². The van der Waals surface area contributed by atoms with Crippen LogP contribution in [0.4, 0.5) is 0 Å². The molecule has 0 amide bonds. The Morgan fingerprint density at radius 3 is 2.95 bits per heavy atom. The van der Waals surface area contributed by atoms with E-state index in [0.29, 0.717) is 0 Å². The summed E-state index contributed by atoms with van der Waals surface area (Å²) in [7, 11) is 0. The Balaban J connectivity index is 1.65. The average molecular weight is 290 g/mol. The molecule has 0 unspecified atom stereocenters. The highest BCUT2D eigenvalue weighted by molar-refractivity contribution is 7.99. The van der Waals surface area contributed by atoms with E-state index in [1.54, 1.807) is 0 Å². The number of rotatable bonds is 6. The lowest BCUT2D eigenvalue weighted by Crippen LogP contribution is -2.04. The van der Waals surface area contributed by atoms with E-state index in [4.69, 9.17) is 9.84 Å². The zero-order valence-corrected chi connectivity index (χ0v) is 12.6. The molecule has 1 aliphatic rings. The lowest BCUT2D eigenvalue weighted by atomic mass is 10.1. The van der Waals surface area contributed by atoms with E-state index in [1.807, 2.05) is 36.0 Å². The second-order valence-electron chi connectivity index (χ2n) is 5.06. The van der Waals surface area contributed by atoms with Crippen molar-refractivity contribution in [2.45, 2.75) is 25.7 Å². The van der Waals surface area contributed by atoms with E-state index in [1.165, 1.54) is 31.4 Å². The number of aliphatic hydroxyl groups is 1. The predicted molar refractivity (Wildman–Crippen MR) is 85.2 cm³/mol. The minimum atomic E-state index is -0.108. The minimum absolute atomic E-state index is 0.108. The maximum atomic E-state index is 8.68. The molecule has 2 rings (SSSR count). The normalized spacial score (nSPS) is 14.8. The quantitative estimate of drug-likeness (QED) is 0.643. The first kappa shape index (κ1) is 15.3. The number of benzene rings is 1. The molecule has 0 bridgehead atoms. The van der Waals surface area contributed by atoms with Gasteiger partial charge in [0.15, 0.2) is 0 Å². The van der Waals surface area contributed by atoms with Gasteiger partial charge in [-0.1, -0.05) is 30.7 Å². The molecule has 0 aromatic heterocycles. The van der Waals surface area contributed by atoms with Crippen molar-refractivity contribution in [2.75, 3.05) is 24.7 Å². The van der Waals surface area contributed by atoms with Gasteiger partial charge in [0.1, 0.15) is 12.4 Å². The first-order chi connectivity index (χ1) is 9.88. The fourth-order valence-electron chi connectivity index (χ4n) is 2.45. The van der Waals surface area contributed by atoms with Gasteiger partial charge in [0.25, 0.3) is 0 Å². The van der Waals surface area contributed by atoms with Crippen molar-refractivity contribution < 1.29 is 9.84 Å². The Hall–Kier alpha value is -1.11. The summed E-state index contributed by atoms with van der Waals surface area (Å²) in [6, 6.07) is 7.73. The van der Waals surface area contributed by atoms with Gasteiger partial charge in [-0.2, -0.15) is 11.8 Å². The lowest BCUT2D eigenvalue weighted by Gasteiger charge is -2.09. The van der Waals surface area contributed by atoms with Crippen molar-refractivity contribution in [1.82, 2.24) is 0 Å². The molecular formula is C17H22O2S. The number of hydrogen-bond donors (Lipinski definition) is 1. The van der Waals surface area contributed by atoms with E-state index in [0.717, 1.165) is 29.6 Å². The third-order valence-corrected chi connectivity index (χ3v) is 4.63. The van der Waals surface area contributed by atoms with Crippen LogP contribution in [-0.2, 0) is 0 Å². The molecule has 0 radical (unpaired) electrons. The summed E-state index contributed by atoms with van der Waals surface area (Å²) < 4.78 is 5.74. The molecule has 0 aliphatic heterocycles. The van der Waals surface area contributed by atoms with Crippen LogP contribution in [0.25, 0.3) is 0 Å². The molecule has 20 heavy (non-hydrogen) atoms. The molecule has 1 fully saturated rings. The van der Waals surface area contributed by atoms with Crippen LogP contribution in [0, 0.1) is 17.8 Å². The van der Waals surface area contributed by atoms with Crippen molar-refractivity contribution in [3.63, 3.8) is 0 Å². The summed E-state index contributed by atoms with van der Waals surface area (Å²) in [6.45, 7) is 0.636.